The fourth-order valence-electron chi connectivity index (χ4n) is 3.63. The zero-order chi connectivity index (χ0) is 26.4. The van der Waals surface area contributed by atoms with Crippen LogP contribution in [0.1, 0.15) is 76.2 Å². The summed E-state index contributed by atoms with van der Waals surface area (Å²) in [5.41, 5.74) is -6.58. The van der Waals surface area contributed by atoms with Gasteiger partial charge in [0.15, 0.2) is 13.6 Å². The average molecular weight is 505 g/mol. The van der Waals surface area contributed by atoms with Crippen LogP contribution in [-0.4, -0.2) is 17.0 Å². The highest BCUT2D eigenvalue weighted by molar-refractivity contribution is 7.66. The third kappa shape index (κ3) is 5.57. The van der Waals surface area contributed by atoms with E-state index in [1.807, 2.05) is 20.8 Å². The first-order valence-electron chi connectivity index (χ1n) is 10.2. The molecule has 0 N–H and O–H groups in total. The SMILES string of the molecule is Cc1cc(C(C)(C)C)cc(C)c1C(=O)[P](=O)C(C)C(=O)c1c(C(F)(F)F)cccc1C(F)(F)F. The second-order valence-corrected chi connectivity index (χ2v) is 11.0. The first kappa shape index (κ1) is 27.7. The number of halogens is 6. The predicted molar refractivity (Wildman–Crippen MR) is 117 cm³/mol. The first-order valence-corrected chi connectivity index (χ1v) is 11.6. The summed E-state index contributed by atoms with van der Waals surface area (Å²) in [4.78, 5) is 25.9. The fourth-order valence-corrected chi connectivity index (χ4v) is 4.89. The van der Waals surface area contributed by atoms with Gasteiger partial charge in [-0.25, -0.2) is 0 Å². The number of rotatable bonds is 5. The van der Waals surface area contributed by atoms with Gasteiger partial charge in [-0.2, -0.15) is 26.3 Å². The van der Waals surface area contributed by atoms with Gasteiger partial charge >= 0.3 is 12.4 Å². The largest absolute Gasteiger partial charge is 0.417 e. The highest BCUT2D eigenvalue weighted by atomic mass is 31.1. The van der Waals surface area contributed by atoms with Crippen LogP contribution in [0.5, 0.6) is 0 Å². The maximum Gasteiger partial charge on any atom is 0.417 e. The summed E-state index contributed by atoms with van der Waals surface area (Å²) in [6.45, 7) is 9.92. The molecule has 10 heteroatoms. The molecule has 2 rings (SSSR count). The van der Waals surface area contributed by atoms with Crippen molar-refractivity contribution in [3.63, 3.8) is 0 Å². The van der Waals surface area contributed by atoms with E-state index < -0.39 is 53.8 Å². The molecular weight excluding hydrogens is 481 g/mol. The van der Waals surface area contributed by atoms with Crippen LogP contribution < -0.4 is 0 Å². The third-order valence-corrected chi connectivity index (χ3v) is 7.03. The minimum atomic E-state index is -5.27. The molecule has 2 aromatic rings. The van der Waals surface area contributed by atoms with E-state index in [1.165, 1.54) is 0 Å². The van der Waals surface area contributed by atoms with Gasteiger partial charge in [0.1, 0.15) is 0 Å². The van der Waals surface area contributed by atoms with Crippen molar-refractivity contribution in [1.82, 2.24) is 0 Å². The van der Waals surface area contributed by atoms with E-state index in [9.17, 15) is 40.5 Å². The van der Waals surface area contributed by atoms with Gasteiger partial charge in [-0.3, -0.25) is 14.2 Å². The normalized spacial score (nSPS) is 14.1. The van der Waals surface area contributed by atoms with Gasteiger partial charge in [0, 0.05) is 11.1 Å². The van der Waals surface area contributed by atoms with E-state index in [0.717, 1.165) is 12.5 Å². The Morgan fingerprint density at radius 3 is 1.59 bits per heavy atom. The number of alkyl halides is 6. The Bertz CT molecular complexity index is 1100. The maximum atomic E-state index is 13.4. The van der Waals surface area contributed by atoms with Crippen molar-refractivity contribution in [3.8, 4) is 0 Å². The molecule has 0 aliphatic carbocycles. The highest BCUT2D eigenvalue weighted by Crippen LogP contribution is 2.43. The number of hydrogen-bond donors (Lipinski definition) is 0. The van der Waals surface area contributed by atoms with E-state index in [2.05, 4.69) is 0 Å². The molecule has 34 heavy (non-hydrogen) atoms. The maximum absolute atomic E-state index is 13.4. The van der Waals surface area contributed by atoms with Crippen LogP contribution in [-0.2, 0) is 22.3 Å². The van der Waals surface area contributed by atoms with Crippen molar-refractivity contribution in [2.24, 2.45) is 0 Å². The number of Topliss-reactive ketones (excluding diaryl/α,β-unsaturated/α-hetero) is 1. The number of ketones is 1. The van der Waals surface area contributed by atoms with Gasteiger partial charge < -0.3 is 0 Å². The van der Waals surface area contributed by atoms with Crippen molar-refractivity contribution in [2.75, 3.05) is 0 Å². The smallest absolute Gasteiger partial charge is 0.293 e. The Hall–Kier alpha value is -2.54. The molecule has 0 bridgehead atoms. The molecule has 0 spiro atoms. The lowest BCUT2D eigenvalue weighted by Crippen LogP contribution is -2.25. The quantitative estimate of drug-likeness (QED) is 0.236. The van der Waals surface area contributed by atoms with Crippen LogP contribution >= 0.6 is 7.80 Å². The second kappa shape index (κ2) is 9.25. The standard InChI is InChI=1S/C24H24F6O3P/c1-12-10-15(22(4,5)6)11-13(2)18(12)21(32)34(33)14(3)20(31)19-16(23(25,26)27)8-7-9-17(19)24(28,29)30/h7-11,14H,1-6H3. The van der Waals surface area contributed by atoms with E-state index in [1.54, 1.807) is 26.0 Å². The molecule has 0 aliphatic rings. The van der Waals surface area contributed by atoms with Crippen molar-refractivity contribution in [2.45, 2.75) is 65.0 Å². The van der Waals surface area contributed by atoms with Gasteiger partial charge in [-0.1, -0.05) is 39.0 Å². The molecule has 0 heterocycles. The molecule has 2 unspecified atom stereocenters. The molecular formula is C24H24F6O3P. The van der Waals surface area contributed by atoms with Gasteiger partial charge in [0.05, 0.1) is 16.8 Å². The Morgan fingerprint density at radius 2 is 1.24 bits per heavy atom. The summed E-state index contributed by atoms with van der Waals surface area (Å²) in [6, 6.07) is 4.65. The van der Waals surface area contributed by atoms with Crippen molar-refractivity contribution >= 4 is 19.1 Å². The van der Waals surface area contributed by atoms with Crippen LogP contribution in [0.4, 0.5) is 26.3 Å². The molecule has 1 radical (unpaired) electrons. The van der Waals surface area contributed by atoms with E-state index in [4.69, 9.17) is 0 Å². The molecule has 0 amide bonds. The van der Waals surface area contributed by atoms with Gasteiger partial charge in [-0.05, 0) is 55.0 Å². The molecule has 185 valence electrons. The summed E-state index contributed by atoms with van der Waals surface area (Å²) in [5.74, 6) is -1.66. The summed E-state index contributed by atoms with van der Waals surface area (Å²) in [7, 11) is -3.18. The number of carbonyl (C=O) groups is 2. The molecule has 2 atom stereocenters. The lowest BCUT2D eigenvalue weighted by Gasteiger charge is -2.22. The van der Waals surface area contributed by atoms with Crippen LogP contribution in [0, 0.1) is 13.8 Å². The minimum Gasteiger partial charge on any atom is -0.293 e. The molecule has 0 saturated heterocycles. The summed E-state index contributed by atoms with van der Waals surface area (Å²) < 4.78 is 93.7. The summed E-state index contributed by atoms with van der Waals surface area (Å²) in [6.07, 6.45) is -10.5. The van der Waals surface area contributed by atoms with E-state index in [0.29, 0.717) is 29.3 Å². The van der Waals surface area contributed by atoms with Crippen molar-refractivity contribution < 1.29 is 40.5 Å². The Balaban J connectivity index is 2.57. The number of carbonyl (C=O) groups excluding carboxylic acids is 2. The van der Waals surface area contributed by atoms with Crippen LogP contribution in [0.25, 0.3) is 0 Å². The average Bonchev–Trinajstić information content (AvgIpc) is 2.68. The van der Waals surface area contributed by atoms with Crippen LogP contribution in [0.2, 0.25) is 0 Å². The van der Waals surface area contributed by atoms with Gasteiger partial charge in [-0.15, -0.1) is 0 Å². The molecule has 2 aromatic carbocycles. The first-order chi connectivity index (χ1) is 15.3. The van der Waals surface area contributed by atoms with E-state index in [-0.39, 0.29) is 11.0 Å². The third-order valence-electron chi connectivity index (χ3n) is 5.47. The monoisotopic (exact) mass is 505 g/mol. The fraction of sp³-hybridized carbons (Fsp3) is 0.417. The Morgan fingerprint density at radius 1 is 0.824 bits per heavy atom. The number of aryl methyl sites for hydroxylation is 2. The molecule has 0 aromatic heterocycles. The number of hydrogen-bond acceptors (Lipinski definition) is 3. The van der Waals surface area contributed by atoms with Crippen LogP contribution in [0.15, 0.2) is 30.3 Å². The summed E-state index contributed by atoms with van der Waals surface area (Å²) >= 11 is 0. The Labute approximate surface area is 194 Å². The second-order valence-electron chi connectivity index (χ2n) is 9.13. The van der Waals surface area contributed by atoms with Crippen molar-refractivity contribution in [1.29, 1.82) is 0 Å². The minimum absolute atomic E-state index is 0.0360. The lowest BCUT2D eigenvalue weighted by atomic mass is 9.84. The zero-order valence-corrected chi connectivity index (χ0v) is 20.3. The number of benzene rings is 2. The lowest BCUT2D eigenvalue weighted by molar-refractivity contribution is -0.143. The van der Waals surface area contributed by atoms with E-state index >= 15 is 0 Å². The molecule has 0 fully saturated rings. The summed E-state index contributed by atoms with van der Waals surface area (Å²) in [5, 5.41) is 0. The van der Waals surface area contributed by atoms with Gasteiger partial charge in [0.2, 0.25) is 5.52 Å². The highest BCUT2D eigenvalue weighted by Gasteiger charge is 2.44. The zero-order valence-electron chi connectivity index (χ0n) is 19.4. The topological polar surface area (TPSA) is 51.2 Å². The Kier molecular flexibility index (Phi) is 7.54. The van der Waals surface area contributed by atoms with Crippen LogP contribution in [0.3, 0.4) is 0 Å². The molecule has 0 aliphatic heterocycles. The van der Waals surface area contributed by atoms with Gasteiger partial charge in [0.25, 0.3) is 0 Å². The predicted octanol–water partition coefficient (Wildman–Crippen LogP) is 7.88. The van der Waals surface area contributed by atoms with Crippen molar-refractivity contribution in [3.05, 3.63) is 69.3 Å². The molecule has 3 nitrogen and oxygen atoms in total. The molecule has 0 saturated carbocycles.